The predicted octanol–water partition coefficient (Wildman–Crippen LogP) is 2.91. The molecule has 6 heteroatoms. The van der Waals surface area contributed by atoms with Gasteiger partial charge in [-0.05, 0) is 43.7 Å². The maximum atomic E-state index is 12.3. The average molecular weight is 344 g/mol. The number of pyridine rings is 1. The minimum Gasteiger partial charge on any atom is -0.493 e. The smallest absolute Gasteiger partial charge is 0.270 e. The highest BCUT2D eigenvalue weighted by Gasteiger charge is 2.15. The number of methoxy groups -OCH3 is 2. The van der Waals surface area contributed by atoms with E-state index in [1.165, 1.54) is 0 Å². The van der Waals surface area contributed by atoms with Gasteiger partial charge in [0, 0.05) is 12.8 Å². The molecule has 25 heavy (non-hydrogen) atoms. The van der Waals surface area contributed by atoms with Crippen molar-refractivity contribution in [3.63, 3.8) is 0 Å². The average Bonchev–Trinajstić information content (AvgIpc) is 2.62. The zero-order valence-corrected chi connectivity index (χ0v) is 15.0. The van der Waals surface area contributed by atoms with Crippen molar-refractivity contribution < 1.29 is 19.0 Å². The molecular formula is C19H24N2O4. The van der Waals surface area contributed by atoms with Crippen molar-refractivity contribution in [1.29, 1.82) is 0 Å². The number of nitrogens with one attached hydrogen (secondary N) is 1. The van der Waals surface area contributed by atoms with Gasteiger partial charge in [-0.15, -0.1) is 0 Å². The van der Waals surface area contributed by atoms with Gasteiger partial charge in [0.2, 0.25) is 0 Å². The van der Waals surface area contributed by atoms with Gasteiger partial charge in [0.25, 0.3) is 5.91 Å². The number of hydrogen-bond acceptors (Lipinski definition) is 5. The summed E-state index contributed by atoms with van der Waals surface area (Å²) in [7, 11) is 3.21. The van der Waals surface area contributed by atoms with Crippen LogP contribution in [-0.2, 0) is 4.74 Å². The summed E-state index contributed by atoms with van der Waals surface area (Å²) >= 11 is 0. The first kappa shape index (κ1) is 18.7. The minimum atomic E-state index is -0.212. The first-order chi connectivity index (χ1) is 12.0. The van der Waals surface area contributed by atoms with Gasteiger partial charge in [-0.25, -0.2) is 4.98 Å². The Kier molecular flexibility index (Phi) is 6.77. The Hall–Kier alpha value is -2.60. The molecule has 1 heterocycles. The number of hydrogen-bond donors (Lipinski definition) is 1. The number of aryl methyl sites for hydroxylation is 1. The third-order valence-corrected chi connectivity index (χ3v) is 3.70. The lowest BCUT2D eigenvalue weighted by Crippen LogP contribution is -2.27. The third-order valence-electron chi connectivity index (χ3n) is 3.70. The molecule has 1 N–H and O–H groups in total. The van der Waals surface area contributed by atoms with Crippen LogP contribution < -0.4 is 14.8 Å². The second-order valence-corrected chi connectivity index (χ2v) is 5.61. The van der Waals surface area contributed by atoms with Crippen LogP contribution in [0.5, 0.6) is 11.5 Å². The number of benzene rings is 1. The second-order valence-electron chi connectivity index (χ2n) is 5.61. The van der Waals surface area contributed by atoms with Crippen LogP contribution in [0.1, 0.15) is 34.7 Å². The number of aromatic nitrogens is 1. The molecule has 0 aliphatic heterocycles. The van der Waals surface area contributed by atoms with Gasteiger partial charge in [0.1, 0.15) is 12.3 Å². The molecule has 0 spiro atoms. The number of nitrogens with zero attached hydrogens (tertiary/aromatic N) is 1. The lowest BCUT2D eigenvalue weighted by Gasteiger charge is -2.17. The molecule has 6 nitrogen and oxygen atoms in total. The van der Waals surface area contributed by atoms with Crippen LogP contribution in [0.4, 0.5) is 0 Å². The highest BCUT2D eigenvalue weighted by atomic mass is 16.5. The quantitative estimate of drug-likeness (QED) is 0.746. The molecule has 1 unspecified atom stereocenters. The highest BCUT2D eigenvalue weighted by Crippen LogP contribution is 2.30. The number of rotatable bonds is 8. The minimum absolute atomic E-state index is 0.197. The molecule has 2 aromatic rings. The number of amides is 1. The van der Waals surface area contributed by atoms with Crippen molar-refractivity contribution in [2.75, 3.05) is 27.4 Å². The van der Waals surface area contributed by atoms with Gasteiger partial charge in [-0.3, -0.25) is 4.79 Å². The molecule has 0 radical (unpaired) electrons. The maximum Gasteiger partial charge on any atom is 0.270 e. The van der Waals surface area contributed by atoms with Gasteiger partial charge in [-0.2, -0.15) is 0 Å². The predicted molar refractivity (Wildman–Crippen MR) is 95.2 cm³/mol. The first-order valence-electron chi connectivity index (χ1n) is 8.09. The standard InChI is InChI=1S/C19H24N2O4/c1-13-6-5-7-16(20-13)19(22)21-14(2)15-8-9-17(18(12-15)24-4)25-11-10-23-3/h5-9,12,14H,10-11H2,1-4H3,(H,21,22). The lowest BCUT2D eigenvalue weighted by atomic mass is 10.1. The van der Waals surface area contributed by atoms with Crippen LogP contribution in [0.3, 0.4) is 0 Å². The topological polar surface area (TPSA) is 69.7 Å². The van der Waals surface area contributed by atoms with Crippen molar-refractivity contribution in [2.24, 2.45) is 0 Å². The molecule has 0 saturated carbocycles. The van der Waals surface area contributed by atoms with Crippen molar-refractivity contribution in [3.8, 4) is 11.5 Å². The molecule has 0 aliphatic carbocycles. The van der Waals surface area contributed by atoms with Crippen LogP contribution in [0, 0.1) is 6.92 Å². The van der Waals surface area contributed by atoms with E-state index in [1.54, 1.807) is 20.3 Å². The Morgan fingerprint density at radius 2 is 1.96 bits per heavy atom. The molecule has 1 aromatic carbocycles. The third kappa shape index (κ3) is 5.19. The summed E-state index contributed by atoms with van der Waals surface area (Å²) in [6.07, 6.45) is 0. The molecule has 134 valence electrons. The molecule has 0 saturated heterocycles. The summed E-state index contributed by atoms with van der Waals surface area (Å²) in [5.41, 5.74) is 2.12. The number of carbonyl (C=O) groups is 1. The number of ether oxygens (including phenoxy) is 3. The van der Waals surface area contributed by atoms with Crippen LogP contribution in [0.25, 0.3) is 0 Å². The van der Waals surface area contributed by atoms with Crippen LogP contribution in [0.15, 0.2) is 36.4 Å². The monoisotopic (exact) mass is 344 g/mol. The fourth-order valence-electron chi connectivity index (χ4n) is 2.33. The van der Waals surface area contributed by atoms with E-state index in [0.717, 1.165) is 11.3 Å². The zero-order chi connectivity index (χ0) is 18.2. The Morgan fingerprint density at radius 1 is 1.16 bits per heavy atom. The van der Waals surface area contributed by atoms with Gasteiger partial charge < -0.3 is 19.5 Å². The van der Waals surface area contributed by atoms with Crippen LogP contribution >= 0.6 is 0 Å². The fraction of sp³-hybridized carbons (Fsp3) is 0.368. The maximum absolute atomic E-state index is 12.3. The molecule has 0 aliphatic rings. The summed E-state index contributed by atoms with van der Waals surface area (Å²) in [4.78, 5) is 16.6. The molecule has 1 atom stereocenters. The largest absolute Gasteiger partial charge is 0.493 e. The van der Waals surface area contributed by atoms with E-state index in [4.69, 9.17) is 14.2 Å². The summed E-state index contributed by atoms with van der Waals surface area (Å²) in [5, 5.41) is 2.94. The van der Waals surface area contributed by atoms with E-state index >= 15 is 0 Å². The molecule has 1 amide bonds. The summed E-state index contributed by atoms with van der Waals surface area (Å²) in [6.45, 7) is 4.71. The zero-order valence-electron chi connectivity index (χ0n) is 15.0. The molecule has 1 aromatic heterocycles. The van der Waals surface area contributed by atoms with Gasteiger partial charge in [0.05, 0.1) is 19.8 Å². The van der Waals surface area contributed by atoms with E-state index in [0.29, 0.717) is 30.4 Å². The Bertz CT molecular complexity index is 718. The highest BCUT2D eigenvalue weighted by molar-refractivity contribution is 5.92. The van der Waals surface area contributed by atoms with Gasteiger partial charge >= 0.3 is 0 Å². The molecule has 0 bridgehead atoms. The second kappa shape index (κ2) is 9.03. The SMILES string of the molecule is COCCOc1ccc(C(C)NC(=O)c2cccc(C)n2)cc1OC. The Balaban J connectivity index is 2.08. The van der Waals surface area contributed by atoms with Crippen LogP contribution in [-0.4, -0.2) is 38.3 Å². The molecular weight excluding hydrogens is 320 g/mol. The molecule has 0 fully saturated rings. The lowest BCUT2D eigenvalue weighted by molar-refractivity contribution is 0.0934. The van der Waals surface area contributed by atoms with E-state index in [9.17, 15) is 4.79 Å². The normalized spacial score (nSPS) is 11.7. The molecule has 2 rings (SSSR count). The Morgan fingerprint density at radius 3 is 2.64 bits per heavy atom. The fourth-order valence-corrected chi connectivity index (χ4v) is 2.33. The Labute approximate surface area is 148 Å². The first-order valence-corrected chi connectivity index (χ1v) is 8.09. The van der Waals surface area contributed by atoms with E-state index in [2.05, 4.69) is 10.3 Å². The van der Waals surface area contributed by atoms with Crippen molar-refractivity contribution in [1.82, 2.24) is 10.3 Å². The summed E-state index contributed by atoms with van der Waals surface area (Å²) in [5.74, 6) is 1.04. The van der Waals surface area contributed by atoms with Crippen LogP contribution in [0.2, 0.25) is 0 Å². The summed E-state index contributed by atoms with van der Waals surface area (Å²) < 4.78 is 16.0. The van der Waals surface area contributed by atoms with Gasteiger partial charge in [0.15, 0.2) is 11.5 Å². The van der Waals surface area contributed by atoms with E-state index < -0.39 is 0 Å². The summed E-state index contributed by atoms with van der Waals surface area (Å²) in [6, 6.07) is 10.8. The van der Waals surface area contributed by atoms with E-state index in [1.807, 2.05) is 44.2 Å². The van der Waals surface area contributed by atoms with Crippen molar-refractivity contribution in [3.05, 3.63) is 53.3 Å². The van der Waals surface area contributed by atoms with Crippen molar-refractivity contribution >= 4 is 5.91 Å². The number of carbonyl (C=O) groups excluding carboxylic acids is 1. The van der Waals surface area contributed by atoms with E-state index in [-0.39, 0.29) is 11.9 Å². The van der Waals surface area contributed by atoms with Crippen molar-refractivity contribution in [2.45, 2.75) is 19.9 Å². The van der Waals surface area contributed by atoms with Gasteiger partial charge in [-0.1, -0.05) is 12.1 Å².